The predicted octanol–water partition coefficient (Wildman–Crippen LogP) is 4.73. The molecule has 6 heteroatoms. The van der Waals surface area contributed by atoms with Crippen molar-refractivity contribution in [1.82, 2.24) is 14.8 Å². The Kier molecular flexibility index (Phi) is 3.93. The molecule has 0 bridgehead atoms. The maximum atomic E-state index is 12.8. The highest BCUT2D eigenvalue weighted by Crippen LogP contribution is 2.40. The van der Waals surface area contributed by atoms with Gasteiger partial charge in [0.1, 0.15) is 6.04 Å². The van der Waals surface area contributed by atoms with E-state index in [1.165, 1.54) is 0 Å². The van der Waals surface area contributed by atoms with Crippen LogP contribution >= 0.6 is 15.9 Å². The zero-order chi connectivity index (χ0) is 18.4. The van der Waals surface area contributed by atoms with Crippen molar-refractivity contribution in [2.75, 3.05) is 5.32 Å². The van der Waals surface area contributed by atoms with E-state index in [1.807, 2.05) is 59.3 Å². The van der Waals surface area contributed by atoms with Gasteiger partial charge < -0.3 is 5.32 Å². The number of ketones is 1. The first-order chi connectivity index (χ1) is 13.2. The summed E-state index contributed by atoms with van der Waals surface area (Å²) in [5.41, 5.74) is 3.80. The molecule has 2 aliphatic rings. The molecule has 1 atom stereocenters. The van der Waals surface area contributed by atoms with Crippen LogP contribution in [0.1, 0.15) is 30.9 Å². The van der Waals surface area contributed by atoms with Crippen LogP contribution in [0.15, 0.2) is 70.3 Å². The van der Waals surface area contributed by atoms with Crippen molar-refractivity contribution in [2.45, 2.75) is 25.3 Å². The van der Waals surface area contributed by atoms with E-state index in [0.717, 1.165) is 39.7 Å². The number of anilines is 1. The number of nitrogens with zero attached hydrogens (tertiary/aromatic N) is 3. The minimum absolute atomic E-state index is 0.194. The molecule has 2 heterocycles. The lowest BCUT2D eigenvalue weighted by Gasteiger charge is -2.32. The summed E-state index contributed by atoms with van der Waals surface area (Å²) >= 11 is 3.49. The number of hydrogen-bond donors (Lipinski definition) is 1. The molecular weight excluding hydrogens is 404 g/mol. The molecule has 0 saturated heterocycles. The molecule has 3 aromatic rings. The molecule has 0 radical (unpaired) electrons. The molecule has 5 rings (SSSR count). The van der Waals surface area contributed by atoms with Crippen LogP contribution in [0.25, 0.3) is 11.4 Å². The third-order valence-corrected chi connectivity index (χ3v) is 5.61. The number of carbonyl (C=O) groups is 1. The average Bonchev–Trinajstić information content (AvgIpc) is 3.12. The van der Waals surface area contributed by atoms with Crippen LogP contribution in [0.2, 0.25) is 0 Å². The van der Waals surface area contributed by atoms with Crippen LogP contribution in [0.5, 0.6) is 0 Å². The summed E-state index contributed by atoms with van der Waals surface area (Å²) in [6, 6.07) is 17.7. The lowest BCUT2D eigenvalue weighted by Crippen LogP contribution is -2.31. The fraction of sp³-hybridized carbons (Fsp3) is 0.190. The van der Waals surface area contributed by atoms with E-state index in [4.69, 9.17) is 10.1 Å². The highest BCUT2D eigenvalue weighted by atomic mass is 79.9. The zero-order valence-corrected chi connectivity index (χ0v) is 16.1. The second-order valence-corrected chi connectivity index (χ2v) is 7.73. The molecule has 0 fully saturated rings. The summed E-state index contributed by atoms with van der Waals surface area (Å²) in [5.74, 6) is 1.54. The van der Waals surface area contributed by atoms with Gasteiger partial charge in [0, 0.05) is 27.7 Å². The summed E-state index contributed by atoms with van der Waals surface area (Å²) in [6.45, 7) is 0. The maximum Gasteiger partial charge on any atom is 0.226 e. The molecule has 1 aromatic heterocycles. The van der Waals surface area contributed by atoms with E-state index in [9.17, 15) is 4.79 Å². The van der Waals surface area contributed by atoms with E-state index in [-0.39, 0.29) is 11.8 Å². The first kappa shape index (κ1) is 16.4. The van der Waals surface area contributed by atoms with Gasteiger partial charge in [-0.05, 0) is 30.5 Å². The monoisotopic (exact) mass is 420 g/mol. The fourth-order valence-corrected chi connectivity index (χ4v) is 4.08. The standard InChI is InChI=1S/C21H17BrN4O/c22-15-11-9-13(10-12-15)19-18-16(7-4-8-17(18)27)23-21-24-20(25-26(19)21)14-5-2-1-3-6-14/h1-3,5-6,9-12,19H,4,7-8H2,(H,23,24,25). The molecule has 1 aliphatic heterocycles. The Hall–Kier alpha value is -2.73. The second kappa shape index (κ2) is 6.46. The lowest BCUT2D eigenvalue weighted by atomic mass is 9.85. The van der Waals surface area contributed by atoms with Crippen molar-refractivity contribution in [3.05, 3.63) is 75.9 Å². The Balaban J connectivity index is 1.68. The summed E-state index contributed by atoms with van der Waals surface area (Å²) in [5, 5.41) is 8.14. The number of nitrogens with one attached hydrogen (secondary N) is 1. The van der Waals surface area contributed by atoms with E-state index >= 15 is 0 Å². The largest absolute Gasteiger partial charge is 0.328 e. The van der Waals surface area contributed by atoms with Gasteiger partial charge >= 0.3 is 0 Å². The first-order valence-electron chi connectivity index (χ1n) is 9.01. The molecule has 0 spiro atoms. The Morgan fingerprint density at radius 3 is 2.59 bits per heavy atom. The molecule has 0 saturated carbocycles. The number of halogens is 1. The van der Waals surface area contributed by atoms with Gasteiger partial charge in [0.2, 0.25) is 5.95 Å². The number of benzene rings is 2. The molecule has 0 amide bonds. The van der Waals surface area contributed by atoms with Crippen molar-refractivity contribution < 1.29 is 4.79 Å². The van der Waals surface area contributed by atoms with Crippen molar-refractivity contribution in [2.24, 2.45) is 0 Å². The summed E-state index contributed by atoms with van der Waals surface area (Å²) in [6.07, 6.45) is 2.32. The van der Waals surface area contributed by atoms with Gasteiger partial charge in [-0.15, -0.1) is 5.10 Å². The molecule has 1 unspecified atom stereocenters. The number of hydrogen-bond acceptors (Lipinski definition) is 4. The third-order valence-electron chi connectivity index (χ3n) is 5.09. The number of fused-ring (bicyclic) bond motifs is 1. The number of rotatable bonds is 2. The van der Waals surface area contributed by atoms with E-state index in [2.05, 4.69) is 21.2 Å². The van der Waals surface area contributed by atoms with Crippen molar-refractivity contribution >= 4 is 27.7 Å². The quantitative estimate of drug-likeness (QED) is 0.650. The Morgan fingerprint density at radius 2 is 1.81 bits per heavy atom. The number of allylic oxidation sites excluding steroid dienone is 2. The molecule has 1 N–H and O–H groups in total. The number of aromatic nitrogens is 3. The van der Waals surface area contributed by atoms with Crippen LogP contribution in [0.3, 0.4) is 0 Å². The Bertz CT molecular complexity index is 1050. The summed E-state index contributed by atoms with van der Waals surface area (Å²) in [4.78, 5) is 17.5. The summed E-state index contributed by atoms with van der Waals surface area (Å²) < 4.78 is 2.86. The van der Waals surface area contributed by atoms with Gasteiger partial charge in [0.05, 0.1) is 0 Å². The van der Waals surface area contributed by atoms with E-state index in [0.29, 0.717) is 18.2 Å². The van der Waals surface area contributed by atoms with Crippen molar-refractivity contribution in [3.8, 4) is 11.4 Å². The normalized spacial score (nSPS) is 18.7. The number of Topliss-reactive ketones (excluding diaryl/α,β-unsaturated/α-hetero) is 1. The zero-order valence-electron chi connectivity index (χ0n) is 14.5. The Labute approximate surface area is 165 Å². The molecule has 134 valence electrons. The van der Waals surface area contributed by atoms with Crippen LogP contribution < -0.4 is 5.32 Å². The third kappa shape index (κ3) is 2.80. The van der Waals surface area contributed by atoms with Crippen molar-refractivity contribution in [1.29, 1.82) is 0 Å². The van der Waals surface area contributed by atoms with Gasteiger partial charge in [0.15, 0.2) is 11.6 Å². The molecule has 27 heavy (non-hydrogen) atoms. The first-order valence-corrected chi connectivity index (χ1v) is 9.81. The topological polar surface area (TPSA) is 59.8 Å². The number of carbonyl (C=O) groups excluding carboxylic acids is 1. The van der Waals surface area contributed by atoms with Crippen LogP contribution in [0, 0.1) is 0 Å². The highest BCUT2D eigenvalue weighted by molar-refractivity contribution is 9.10. The fourth-order valence-electron chi connectivity index (χ4n) is 3.82. The van der Waals surface area contributed by atoms with Crippen LogP contribution in [-0.2, 0) is 4.79 Å². The molecule has 5 nitrogen and oxygen atoms in total. The van der Waals surface area contributed by atoms with Crippen LogP contribution in [0.4, 0.5) is 5.95 Å². The smallest absolute Gasteiger partial charge is 0.226 e. The Morgan fingerprint density at radius 1 is 1.04 bits per heavy atom. The SMILES string of the molecule is O=C1CCCC2=C1C(c1ccc(Br)cc1)n1nc(-c3ccccc3)nc1N2. The molecule has 1 aliphatic carbocycles. The van der Waals surface area contributed by atoms with Crippen molar-refractivity contribution in [3.63, 3.8) is 0 Å². The molecule has 2 aromatic carbocycles. The lowest BCUT2D eigenvalue weighted by molar-refractivity contribution is -0.116. The minimum atomic E-state index is -0.248. The van der Waals surface area contributed by atoms with Gasteiger partial charge in [-0.1, -0.05) is 58.4 Å². The van der Waals surface area contributed by atoms with E-state index in [1.54, 1.807) is 0 Å². The minimum Gasteiger partial charge on any atom is -0.328 e. The van der Waals surface area contributed by atoms with Gasteiger partial charge in [-0.2, -0.15) is 4.98 Å². The maximum absolute atomic E-state index is 12.8. The van der Waals surface area contributed by atoms with Gasteiger partial charge in [0.25, 0.3) is 0 Å². The average molecular weight is 421 g/mol. The van der Waals surface area contributed by atoms with Gasteiger partial charge in [-0.25, -0.2) is 4.68 Å². The van der Waals surface area contributed by atoms with Crippen LogP contribution in [-0.4, -0.2) is 20.5 Å². The highest BCUT2D eigenvalue weighted by Gasteiger charge is 2.36. The second-order valence-electron chi connectivity index (χ2n) is 6.82. The molecular formula is C21H17BrN4O. The van der Waals surface area contributed by atoms with E-state index < -0.39 is 0 Å². The summed E-state index contributed by atoms with van der Waals surface area (Å²) in [7, 11) is 0. The van der Waals surface area contributed by atoms with Gasteiger partial charge in [-0.3, -0.25) is 4.79 Å². The predicted molar refractivity (Wildman–Crippen MR) is 107 cm³/mol.